The number of esters is 1. The van der Waals surface area contributed by atoms with Gasteiger partial charge in [0.15, 0.2) is 5.78 Å². The fraction of sp³-hybridized carbons (Fsp3) is 0.844. The molecule has 0 amide bonds. The van der Waals surface area contributed by atoms with Gasteiger partial charge in [0.25, 0.3) is 0 Å². The molecule has 5 aliphatic rings. The van der Waals surface area contributed by atoms with Crippen LogP contribution in [0, 0.1) is 56.7 Å². The molecule has 5 rings (SSSR count). The molecule has 3 unspecified atom stereocenters. The van der Waals surface area contributed by atoms with Crippen molar-refractivity contribution >= 4 is 17.7 Å². The number of ether oxygens (including phenoxy) is 1. The summed E-state index contributed by atoms with van der Waals surface area (Å²) in [6.45, 7) is 17.5. The van der Waals surface area contributed by atoms with E-state index in [-0.39, 0.29) is 63.2 Å². The number of hydrogen-bond acceptors (Lipinski definition) is 4. The van der Waals surface area contributed by atoms with Crippen molar-refractivity contribution in [2.24, 2.45) is 56.7 Å². The molecule has 4 fully saturated rings. The van der Waals surface area contributed by atoms with Crippen molar-refractivity contribution in [3.05, 3.63) is 11.6 Å². The fourth-order valence-electron chi connectivity index (χ4n) is 11.1. The van der Waals surface area contributed by atoms with E-state index in [1.54, 1.807) is 0 Å². The summed E-state index contributed by atoms with van der Waals surface area (Å²) in [7, 11) is 0. The van der Waals surface area contributed by atoms with Gasteiger partial charge in [0.1, 0.15) is 6.10 Å². The zero-order valence-corrected chi connectivity index (χ0v) is 24.3. The van der Waals surface area contributed by atoms with E-state index in [0.29, 0.717) is 18.8 Å². The summed E-state index contributed by atoms with van der Waals surface area (Å²) < 4.78 is 5.82. The second-order valence-electron chi connectivity index (χ2n) is 15.1. The predicted octanol–water partition coefficient (Wildman–Crippen LogP) is 6.84. The molecule has 37 heavy (non-hydrogen) atoms. The number of carboxylic acid groups (broad SMARTS) is 1. The maximum absolute atomic E-state index is 14.4. The van der Waals surface area contributed by atoms with Crippen LogP contribution in [-0.4, -0.2) is 28.9 Å². The zero-order chi connectivity index (χ0) is 27.3. The van der Waals surface area contributed by atoms with Crippen molar-refractivity contribution in [3.63, 3.8) is 0 Å². The monoisotopic (exact) mass is 512 g/mol. The molecule has 0 radical (unpaired) electrons. The van der Waals surface area contributed by atoms with Crippen molar-refractivity contribution in [1.82, 2.24) is 0 Å². The molecule has 0 aromatic heterocycles. The summed E-state index contributed by atoms with van der Waals surface area (Å²) in [6.07, 6.45) is 8.65. The quantitative estimate of drug-likeness (QED) is 0.410. The van der Waals surface area contributed by atoms with E-state index in [2.05, 4.69) is 48.5 Å². The lowest BCUT2D eigenvalue weighted by molar-refractivity contribution is -0.212. The van der Waals surface area contributed by atoms with E-state index in [1.807, 2.05) is 6.08 Å². The topological polar surface area (TPSA) is 80.7 Å². The molecule has 206 valence electrons. The van der Waals surface area contributed by atoms with Crippen molar-refractivity contribution in [2.75, 3.05) is 0 Å². The first-order valence-electron chi connectivity index (χ1n) is 14.7. The Morgan fingerprint density at radius 2 is 1.62 bits per heavy atom. The average Bonchev–Trinajstić information content (AvgIpc) is 2.79. The van der Waals surface area contributed by atoms with Gasteiger partial charge < -0.3 is 9.84 Å². The van der Waals surface area contributed by atoms with E-state index in [9.17, 15) is 19.5 Å². The van der Waals surface area contributed by atoms with Crippen LogP contribution < -0.4 is 0 Å². The number of carbonyl (C=O) groups is 3. The van der Waals surface area contributed by atoms with Gasteiger partial charge >= 0.3 is 11.9 Å². The summed E-state index contributed by atoms with van der Waals surface area (Å²) in [6, 6.07) is 0. The van der Waals surface area contributed by atoms with E-state index >= 15 is 0 Å². The number of aliphatic carboxylic acids is 1. The molecule has 0 aromatic carbocycles. The minimum Gasteiger partial charge on any atom is -0.481 e. The van der Waals surface area contributed by atoms with E-state index in [0.717, 1.165) is 44.1 Å². The lowest BCUT2D eigenvalue weighted by atomic mass is 9.33. The molecule has 0 spiro atoms. The smallest absolute Gasteiger partial charge is 0.310 e. The number of rotatable bonds is 2. The van der Waals surface area contributed by atoms with Crippen molar-refractivity contribution in [2.45, 2.75) is 113 Å². The van der Waals surface area contributed by atoms with Gasteiger partial charge in [-0.05, 0) is 97.4 Å². The van der Waals surface area contributed by atoms with Crippen LogP contribution >= 0.6 is 0 Å². The molecule has 0 bridgehead atoms. The van der Waals surface area contributed by atoms with Crippen LogP contribution in [0.3, 0.4) is 0 Å². The number of carboxylic acids is 1. The lowest BCUT2D eigenvalue weighted by Gasteiger charge is -2.70. The fourth-order valence-corrected chi connectivity index (χ4v) is 11.1. The summed E-state index contributed by atoms with van der Waals surface area (Å²) >= 11 is 0. The maximum Gasteiger partial charge on any atom is 0.310 e. The van der Waals surface area contributed by atoms with Gasteiger partial charge in [-0.3, -0.25) is 14.4 Å². The lowest BCUT2D eigenvalue weighted by Crippen LogP contribution is -2.67. The highest BCUT2D eigenvalue weighted by Crippen LogP contribution is 2.75. The van der Waals surface area contributed by atoms with Crippen LogP contribution in [0.2, 0.25) is 0 Å². The molecule has 0 saturated heterocycles. The predicted molar refractivity (Wildman–Crippen MR) is 143 cm³/mol. The van der Waals surface area contributed by atoms with Crippen LogP contribution in [0.15, 0.2) is 11.6 Å². The van der Waals surface area contributed by atoms with Gasteiger partial charge in [-0.25, -0.2) is 0 Å². The van der Waals surface area contributed by atoms with Crippen LogP contribution in [-0.2, 0) is 19.1 Å². The first-order chi connectivity index (χ1) is 17.1. The number of fused-ring (bicyclic) bond motifs is 7. The largest absolute Gasteiger partial charge is 0.481 e. The summed E-state index contributed by atoms with van der Waals surface area (Å²) in [4.78, 5) is 39.1. The Kier molecular flexibility index (Phi) is 5.95. The van der Waals surface area contributed by atoms with E-state index < -0.39 is 11.4 Å². The maximum atomic E-state index is 14.4. The molecule has 5 aliphatic carbocycles. The average molecular weight is 513 g/mol. The van der Waals surface area contributed by atoms with Crippen molar-refractivity contribution in [3.8, 4) is 0 Å². The molecule has 5 nitrogen and oxygen atoms in total. The van der Waals surface area contributed by atoms with Gasteiger partial charge in [0, 0.05) is 18.3 Å². The Balaban J connectivity index is 1.62. The molecule has 5 heteroatoms. The Hall–Kier alpha value is -1.65. The highest BCUT2D eigenvalue weighted by atomic mass is 16.5. The first kappa shape index (κ1) is 26.9. The van der Waals surface area contributed by atoms with Gasteiger partial charge in [-0.2, -0.15) is 0 Å². The molecular weight excluding hydrogens is 464 g/mol. The minimum atomic E-state index is -0.744. The van der Waals surface area contributed by atoms with Gasteiger partial charge in [0.05, 0.1) is 5.41 Å². The number of allylic oxidation sites excluding steroid dienone is 2. The molecule has 4 saturated carbocycles. The molecule has 0 aliphatic heterocycles. The second kappa shape index (κ2) is 8.18. The third kappa shape index (κ3) is 3.30. The summed E-state index contributed by atoms with van der Waals surface area (Å²) in [5, 5.41) is 10.6. The third-order valence-electron chi connectivity index (χ3n) is 13.4. The number of carbonyl (C=O) groups excluding carboxylic acids is 2. The highest BCUT2D eigenvalue weighted by molar-refractivity contribution is 5.96. The van der Waals surface area contributed by atoms with E-state index in [1.165, 1.54) is 6.92 Å². The molecule has 0 aromatic rings. The minimum absolute atomic E-state index is 0.0732. The second-order valence-corrected chi connectivity index (χ2v) is 15.1. The molecular formula is C32H48O5. The van der Waals surface area contributed by atoms with Crippen LogP contribution in [0.4, 0.5) is 0 Å². The number of hydrogen-bond donors (Lipinski definition) is 1. The Morgan fingerprint density at radius 3 is 2.24 bits per heavy atom. The molecule has 1 N–H and O–H groups in total. The SMILES string of the molecule is CC(=O)O[C@H]1CC[C@@]2(C)C(CC[C@]3(C)C2C(=O)C=C2C4[C@@H](C)[C@H](C)CC[C@]4(C(=O)O)CC[C@]23C)C1(C)C. The molecule has 10 atom stereocenters. The van der Waals surface area contributed by atoms with Gasteiger partial charge in [-0.15, -0.1) is 0 Å². The van der Waals surface area contributed by atoms with E-state index in [4.69, 9.17) is 4.74 Å². The Morgan fingerprint density at radius 1 is 0.946 bits per heavy atom. The highest BCUT2D eigenvalue weighted by Gasteiger charge is 2.71. The normalized spacial score (nSPS) is 50.5. The number of ketones is 1. The Labute approximate surface area is 223 Å². The third-order valence-corrected chi connectivity index (χ3v) is 13.4. The summed E-state index contributed by atoms with van der Waals surface area (Å²) in [5.41, 5.74) is -0.378. The van der Waals surface area contributed by atoms with Gasteiger partial charge in [-0.1, -0.05) is 54.0 Å². The van der Waals surface area contributed by atoms with Crippen molar-refractivity contribution < 1.29 is 24.2 Å². The van der Waals surface area contributed by atoms with Crippen LogP contribution in [0.5, 0.6) is 0 Å². The molecule has 0 heterocycles. The zero-order valence-electron chi connectivity index (χ0n) is 24.3. The first-order valence-corrected chi connectivity index (χ1v) is 14.7. The Bertz CT molecular complexity index is 1060. The van der Waals surface area contributed by atoms with Crippen molar-refractivity contribution in [1.29, 1.82) is 0 Å². The summed E-state index contributed by atoms with van der Waals surface area (Å²) in [5.74, 6) is 0.135. The van der Waals surface area contributed by atoms with Crippen LogP contribution in [0.25, 0.3) is 0 Å². The van der Waals surface area contributed by atoms with Crippen LogP contribution in [0.1, 0.15) is 107 Å². The van der Waals surface area contributed by atoms with Gasteiger partial charge in [0.2, 0.25) is 0 Å². The standard InChI is InChI=1S/C32H48O5/c1-18-9-14-32(27(35)36)16-15-30(7)21(25(32)19(18)2)17-22(34)26-29(6)12-11-24(37-20(3)33)28(4,5)23(29)10-13-31(26,30)8/h17-19,23-26H,9-16H2,1-8H3,(H,35,36)/t18-,19+,23?,24+,25?,26?,29+,30-,31-,32+/m1/s1.